The molecule has 27 heavy (non-hydrogen) atoms. The number of carbonyl (C=O) groups is 1. The van der Waals surface area contributed by atoms with Crippen molar-refractivity contribution in [3.8, 4) is 5.75 Å². The van der Waals surface area contributed by atoms with E-state index in [1.807, 2.05) is 6.07 Å². The molecule has 3 fully saturated rings. The summed E-state index contributed by atoms with van der Waals surface area (Å²) in [6.45, 7) is 0.961. The quantitative estimate of drug-likeness (QED) is 0.841. The molecule has 2 bridgehead atoms. The lowest BCUT2D eigenvalue weighted by Gasteiger charge is -2.49. The minimum atomic E-state index is 0.269. The van der Waals surface area contributed by atoms with Gasteiger partial charge < -0.3 is 10.1 Å². The molecule has 4 heteroatoms. The fourth-order valence-electron chi connectivity index (χ4n) is 5.57. The molecule has 1 amide bonds. The summed E-state index contributed by atoms with van der Waals surface area (Å²) in [6, 6.07) is 9.91. The lowest BCUT2D eigenvalue weighted by atomic mass is 9.81. The Balaban J connectivity index is 1.39. The van der Waals surface area contributed by atoms with Crippen LogP contribution in [0.1, 0.15) is 69.8 Å². The Morgan fingerprint density at radius 2 is 1.74 bits per heavy atom. The molecule has 0 aromatic heterocycles. The summed E-state index contributed by atoms with van der Waals surface area (Å²) in [5.74, 6) is 1.59. The van der Waals surface area contributed by atoms with Crippen LogP contribution in [0.5, 0.6) is 5.75 Å². The molecule has 4 rings (SSSR count). The number of nitrogens with zero attached hydrogens (tertiary/aromatic N) is 1. The Kier molecular flexibility index (Phi) is 6.01. The van der Waals surface area contributed by atoms with E-state index in [0.29, 0.717) is 24.0 Å². The third-order valence-electron chi connectivity index (χ3n) is 6.99. The highest BCUT2D eigenvalue weighted by Crippen LogP contribution is 2.36. The van der Waals surface area contributed by atoms with E-state index < -0.39 is 0 Å². The van der Waals surface area contributed by atoms with Crippen molar-refractivity contribution in [2.75, 3.05) is 7.11 Å². The van der Waals surface area contributed by atoms with Crippen LogP contribution in [0.15, 0.2) is 24.3 Å². The van der Waals surface area contributed by atoms with Gasteiger partial charge in [0.05, 0.1) is 7.11 Å². The Bertz CT molecular complexity index is 627. The van der Waals surface area contributed by atoms with Crippen LogP contribution in [0.3, 0.4) is 0 Å². The van der Waals surface area contributed by atoms with Crippen LogP contribution in [-0.4, -0.2) is 36.0 Å². The first-order valence-electron chi connectivity index (χ1n) is 10.9. The largest absolute Gasteiger partial charge is 0.496 e. The molecule has 0 spiro atoms. The molecular formula is C23H34N2O2. The van der Waals surface area contributed by atoms with E-state index in [9.17, 15) is 4.79 Å². The maximum Gasteiger partial charge on any atom is 0.223 e. The van der Waals surface area contributed by atoms with Gasteiger partial charge in [-0.3, -0.25) is 9.69 Å². The minimum Gasteiger partial charge on any atom is -0.496 e. The van der Waals surface area contributed by atoms with Crippen LogP contribution in [0.25, 0.3) is 0 Å². The van der Waals surface area contributed by atoms with E-state index in [1.54, 1.807) is 7.11 Å². The second kappa shape index (κ2) is 8.64. The third-order valence-corrected chi connectivity index (χ3v) is 6.99. The summed E-state index contributed by atoms with van der Waals surface area (Å²) in [6.07, 6.45) is 11.9. The molecule has 1 aliphatic carbocycles. The molecule has 3 aliphatic rings. The molecule has 4 nitrogen and oxygen atoms in total. The number of hydrogen-bond acceptors (Lipinski definition) is 3. The van der Waals surface area contributed by atoms with Crippen molar-refractivity contribution in [3.05, 3.63) is 29.8 Å². The fourth-order valence-corrected chi connectivity index (χ4v) is 5.57. The Labute approximate surface area is 163 Å². The summed E-state index contributed by atoms with van der Waals surface area (Å²) in [4.78, 5) is 15.4. The average Bonchev–Trinajstić information content (AvgIpc) is 2.69. The summed E-state index contributed by atoms with van der Waals surface area (Å²) < 4.78 is 5.57. The van der Waals surface area contributed by atoms with E-state index in [1.165, 1.54) is 44.1 Å². The van der Waals surface area contributed by atoms with E-state index in [2.05, 4.69) is 28.4 Å². The van der Waals surface area contributed by atoms with Gasteiger partial charge in [-0.25, -0.2) is 0 Å². The average molecular weight is 371 g/mol. The number of benzene rings is 1. The van der Waals surface area contributed by atoms with Gasteiger partial charge in [0, 0.05) is 36.2 Å². The molecule has 0 unspecified atom stereocenters. The van der Waals surface area contributed by atoms with Crippen molar-refractivity contribution in [1.29, 1.82) is 0 Å². The summed E-state index contributed by atoms with van der Waals surface area (Å²) in [7, 11) is 1.76. The molecule has 2 atom stereocenters. The summed E-state index contributed by atoms with van der Waals surface area (Å²) in [5.41, 5.74) is 1.28. The maximum absolute atomic E-state index is 12.7. The molecular weight excluding hydrogens is 336 g/mol. The monoisotopic (exact) mass is 370 g/mol. The second-order valence-corrected chi connectivity index (χ2v) is 8.73. The molecule has 1 aromatic carbocycles. The standard InChI is InChI=1S/C23H34N2O2/c1-27-22-13-6-5-10-18(22)16-25-20-11-7-12-21(25)15-19(14-20)24-23(26)17-8-3-2-4-9-17/h5-6,10,13,17,19-21H,2-4,7-9,11-12,14-16H2,1H3,(H,24,26)/t20-,21-/m1/s1. The number of fused-ring (bicyclic) bond motifs is 2. The van der Waals surface area contributed by atoms with Gasteiger partial charge in [0.2, 0.25) is 5.91 Å². The van der Waals surface area contributed by atoms with Gasteiger partial charge in [-0.05, 0) is 44.6 Å². The molecule has 1 aromatic rings. The highest BCUT2D eigenvalue weighted by Gasteiger charge is 2.39. The first-order chi connectivity index (χ1) is 13.2. The fraction of sp³-hybridized carbons (Fsp3) is 0.696. The van der Waals surface area contributed by atoms with Gasteiger partial charge >= 0.3 is 0 Å². The highest BCUT2D eigenvalue weighted by molar-refractivity contribution is 5.79. The maximum atomic E-state index is 12.7. The molecule has 1 saturated carbocycles. The van der Waals surface area contributed by atoms with E-state index in [4.69, 9.17) is 4.74 Å². The van der Waals surface area contributed by atoms with Gasteiger partial charge in [-0.15, -0.1) is 0 Å². The van der Waals surface area contributed by atoms with Crippen LogP contribution in [0, 0.1) is 5.92 Å². The summed E-state index contributed by atoms with van der Waals surface area (Å²) >= 11 is 0. The summed E-state index contributed by atoms with van der Waals surface area (Å²) in [5, 5.41) is 3.43. The minimum absolute atomic E-state index is 0.269. The smallest absolute Gasteiger partial charge is 0.223 e. The van der Waals surface area contributed by atoms with Crippen molar-refractivity contribution in [3.63, 3.8) is 0 Å². The van der Waals surface area contributed by atoms with Crippen molar-refractivity contribution in [2.24, 2.45) is 5.92 Å². The van der Waals surface area contributed by atoms with E-state index in [-0.39, 0.29) is 5.92 Å². The number of rotatable bonds is 5. The Morgan fingerprint density at radius 1 is 1.04 bits per heavy atom. The number of amides is 1. The van der Waals surface area contributed by atoms with Gasteiger partial charge in [0.15, 0.2) is 0 Å². The number of ether oxygens (including phenoxy) is 1. The van der Waals surface area contributed by atoms with Crippen molar-refractivity contribution in [2.45, 2.75) is 88.9 Å². The predicted molar refractivity (Wildman–Crippen MR) is 108 cm³/mol. The molecule has 0 radical (unpaired) electrons. The van der Waals surface area contributed by atoms with E-state index >= 15 is 0 Å². The van der Waals surface area contributed by atoms with Crippen molar-refractivity contribution in [1.82, 2.24) is 10.2 Å². The first-order valence-corrected chi connectivity index (χ1v) is 10.9. The molecule has 2 saturated heterocycles. The van der Waals surface area contributed by atoms with Crippen LogP contribution in [-0.2, 0) is 11.3 Å². The Hall–Kier alpha value is -1.55. The predicted octanol–water partition coefficient (Wildman–Crippen LogP) is 4.28. The third kappa shape index (κ3) is 4.31. The number of carbonyl (C=O) groups excluding carboxylic acids is 1. The lowest BCUT2D eigenvalue weighted by molar-refractivity contribution is -0.127. The number of methoxy groups -OCH3 is 1. The van der Waals surface area contributed by atoms with Crippen molar-refractivity contribution < 1.29 is 9.53 Å². The van der Waals surface area contributed by atoms with E-state index in [0.717, 1.165) is 38.0 Å². The highest BCUT2D eigenvalue weighted by atomic mass is 16.5. The topological polar surface area (TPSA) is 41.6 Å². The van der Waals surface area contributed by atoms with Crippen LogP contribution >= 0.6 is 0 Å². The first kappa shape index (κ1) is 18.8. The zero-order valence-corrected chi connectivity index (χ0v) is 16.7. The van der Waals surface area contributed by atoms with Crippen LogP contribution < -0.4 is 10.1 Å². The lowest BCUT2D eigenvalue weighted by Crippen LogP contribution is -2.57. The SMILES string of the molecule is COc1ccccc1CN1[C@@H]2CCC[C@@H]1CC(NC(=O)C1CCCCC1)C2. The number of para-hydroxylation sites is 1. The van der Waals surface area contributed by atoms with Gasteiger partial charge in [0.1, 0.15) is 5.75 Å². The van der Waals surface area contributed by atoms with Gasteiger partial charge in [-0.1, -0.05) is 43.9 Å². The molecule has 148 valence electrons. The number of hydrogen-bond donors (Lipinski definition) is 1. The van der Waals surface area contributed by atoms with Crippen LogP contribution in [0.4, 0.5) is 0 Å². The normalized spacial score (nSPS) is 29.3. The second-order valence-electron chi connectivity index (χ2n) is 8.73. The molecule has 1 N–H and O–H groups in total. The number of nitrogens with one attached hydrogen (secondary N) is 1. The Morgan fingerprint density at radius 3 is 2.44 bits per heavy atom. The van der Waals surface area contributed by atoms with Gasteiger partial charge in [0.25, 0.3) is 0 Å². The molecule has 2 heterocycles. The zero-order valence-electron chi connectivity index (χ0n) is 16.7. The van der Waals surface area contributed by atoms with Gasteiger partial charge in [-0.2, -0.15) is 0 Å². The number of piperidine rings is 2. The van der Waals surface area contributed by atoms with Crippen LogP contribution in [0.2, 0.25) is 0 Å². The van der Waals surface area contributed by atoms with Crippen molar-refractivity contribution >= 4 is 5.91 Å². The zero-order chi connectivity index (χ0) is 18.6. The molecule has 2 aliphatic heterocycles.